The van der Waals surface area contributed by atoms with Crippen LogP contribution in [0.5, 0.6) is 0 Å². The van der Waals surface area contributed by atoms with Crippen molar-refractivity contribution in [2.45, 2.75) is 39.7 Å². The lowest BCUT2D eigenvalue weighted by Crippen LogP contribution is -2.43. The summed E-state index contributed by atoms with van der Waals surface area (Å²) in [5, 5.41) is 3.11. The Morgan fingerprint density at radius 3 is 2.96 bits per heavy atom. The molecule has 0 radical (unpaired) electrons. The normalized spacial score (nSPS) is 17.1. The molecule has 0 aliphatic carbocycles. The number of piperidine rings is 1. The average Bonchev–Trinajstić information content (AvgIpc) is 3.04. The molecule has 3 aromatic rings. The molecule has 0 saturated carbocycles. The van der Waals surface area contributed by atoms with Crippen molar-refractivity contribution >= 4 is 22.9 Å². The smallest absolute Gasteiger partial charge is 0.321 e. The predicted octanol–water partition coefficient (Wildman–Crippen LogP) is 4.25. The maximum absolute atomic E-state index is 12.8. The summed E-state index contributed by atoms with van der Waals surface area (Å²) in [6.45, 7) is 6.53. The van der Waals surface area contributed by atoms with E-state index in [4.69, 9.17) is 0 Å². The van der Waals surface area contributed by atoms with Gasteiger partial charge in [-0.25, -0.2) is 14.8 Å². The molecule has 146 valence electrons. The molecular formula is C22H27N5O. The number of para-hydroxylation sites is 1. The van der Waals surface area contributed by atoms with Crippen LogP contribution in [0, 0.1) is 12.8 Å². The zero-order valence-corrected chi connectivity index (χ0v) is 16.6. The number of pyridine rings is 1. The number of benzene rings is 1. The van der Waals surface area contributed by atoms with Gasteiger partial charge in [0.1, 0.15) is 11.3 Å². The molecule has 2 amide bonds. The first-order valence-electron chi connectivity index (χ1n) is 10.1. The molecule has 2 aromatic heterocycles. The van der Waals surface area contributed by atoms with Crippen LogP contribution >= 0.6 is 0 Å². The van der Waals surface area contributed by atoms with Crippen molar-refractivity contribution in [3.63, 3.8) is 0 Å². The first kappa shape index (κ1) is 18.5. The predicted molar refractivity (Wildman–Crippen MR) is 111 cm³/mol. The maximum atomic E-state index is 12.8. The number of fused-ring (bicyclic) bond motifs is 1. The van der Waals surface area contributed by atoms with E-state index in [1.165, 1.54) is 0 Å². The second-order valence-electron chi connectivity index (χ2n) is 7.51. The van der Waals surface area contributed by atoms with E-state index in [0.717, 1.165) is 67.1 Å². The van der Waals surface area contributed by atoms with Crippen LogP contribution in [0.25, 0.3) is 11.2 Å². The summed E-state index contributed by atoms with van der Waals surface area (Å²) >= 11 is 0. The van der Waals surface area contributed by atoms with Crippen LogP contribution < -0.4 is 5.32 Å². The summed E-state index contributed by atoms with van der Waals surface area (Å²) in [6.07, 6.45) is 4.85. The van der Waals surface area contributed by atoms with Crippen LogP contribution in [0.1, 0.15) is 31.2 Å². The van der Waals surface area contributed by atoms with Gasteiger partial charge in [-0.1, -0.05) is 25.1 Å². The lowest BCUT2D eigenvalue weighted by molar-refractivity contribution is 0.170. The van der Waals surface area contributed by atoms with Crippen molar-refractivity contribution in [1.82, 2.24) is 19.4 Å². The number of carbonyl (C=O) groups is 1. The number of aromatic nitrogens is 3. The van der Waals surface area contributed by atoms with Gasteiger partial charge in [0, 0.05) is 31.5 Å². The molecule has 0 spiro atoms. The van der Waals surface area contributed by atoms with Gasteiger partial charge >= 0.3 is 6.03 Å². The summed E-state index contributed by atoms with van der Waals surface area (Å²) in [5.41, 5.74) is 3.94. The zero-order valence-electron chi connectivity index (χ0n) is 16.6. The van der Waals surface area contributed by atoms with E-state index in [1.807, 2.05) is 48.4 Å². The third-order valence-electron chi connectivity index (χ3n) is 5.58. The van der Waals surface area contributed by atoms with Gasteiger partial charge < -0.3 is 14.8 Å². The van der Waals surface area contributed by atoms with Crippen molar-refractivity contribution in [1.29, 1.82) is 0 Å². The zero-order chi connectivity index (χ0) is 19.5. The third-order valence-corrected chi connectivity index (χ3v) is 5.58. The van der Waals surface area contributed by atoms with Crippen LogP contribution in [0.3, 0.4) is 0 Å². The third kappa shape index (κ3) is 3.72. The Morgan fingerprint density at radius 1 is 1.25 bits per heavy atom. The number of imidazole rings is 1. The van der Waals surface area contributed by atoms with E-state index in [0.29, 0.717) is 5.92 Å². The van der Waals surface area contributed by atoms with Crippen molar-refractivity contribution in [2.75, 3.05) is 18.4 Å². The number of urea groups is 1. The summed E-state index contributed by atoms with van der Waals surface area (Å²) in [6, 6.07) is 11.9. The number of aryl methyl sites for hydroxylation is 2. The molecule has 1 N–H and O–H groups in total. The van der Waals surface area contributed by atoms with Gasteiger partial charge in [0.2, 0.25) is 0 Å². The molecule has 28 heavy (non-hydrogen) atoms. The van der Waals surface area contributed by atoms with Crippen molar-refractivity contribution < 1.29 is 4.79 Å². The Balaban J connectivity index is 1.45. The van der Waals surface area contributed by atoms with E-state index < -0.39 is 0 Å². The second-order valence-corrected chi connectivity index (χ2v) is 7.51. The van der Waals surface area contributed by atoms with Gasteiger partial charge in [-0.15, -0.1) is 0 Å². The molecule has 0 bridgehead atoms. The number of nitrogens with one attached hydrogen (secondary N) is 1. The number of hydrogen-bond donors (Lipinski definition) is 1. The molecule has 1 aliphatic rings. The van der Waals surface area contributed by atoms with Crippen LogP contribution in [0.15, 0.2) is 42.6 Å². The summed E-state index contributed by atoms with van der Waals surface area (Å²) in [7, 11) is 0. The largest absolute Gasteiger partial charge is 0.324 e. The molecule has 6 heteroatoms. The fourth-order valence-corrected chi connectivity index (χ4v) is 4.09. The monoisotopic (exact) mass is 377 g/mol. The number of likely N-dealkylation sites (tertiary alicyclic amines) is 1. The minimum atomic E-state index is -0.00376. The Bertz CT molecular complexity index is 980. The molecule has 1 atom stereocenters. The molecular weight excluding hydrogens is 350 g/mol. The first-order valence-corrected chi connectivity index (χ1v) is 10.1. The molecule has 1 saturated heterocycles. The Hall–Kier alpha value is -2.89. The van der Waals surface area contributed by atoms with Gasteiger partial charge in [-0.2, -0.15) is 0 Å². The minimum absolute atomic E-state index is 0.00376. The summed E-state index contributed by atoms with van der Waals surface area (Å²) in [5.74, 6) is 1.38. The van der Waals surface area contributed by atoms with E-state index in [9.17, 15) is 4.79 Å². The van der Waals surface area contributed by atoms with Crippen molar-refractivity contribution in [2.24, 2.45) is 5.92 Å². The van der Waals surface area contributed by atoms with Gasteiger partial charge in [0.15, 0.2) is 5.65 Å². The van der Waals surface area contributed by atoms with Gasteiger partial charge in [-0.3, -0.25) is 0 Å². The first-order chi connectivity index (χ1) is 13.7. The average molecular weight is 377 g/mol. The molecule has 1 aliphatic heterocycles. The molecule has 1 aromatic carbocycles. The molecule has 4 rings (SSSR count). The molecule has 6 nitrogen and oxygen atoms in total. The molecule has 1 fully saturated rings. The molecule has 3 heterocycles. The van der Waals surface area contributed by atoms with Gasteiger partial charge in [-0.05, 0) is 55.9 Å². The van der Waals surface area contributed by atoms with Crippen LogP contribution in [0.4, 0.5) is 10.5 Å². The van der Waals surface area contributed by atoms with E-state index >= 15 is 0 Å². The number of carbonyl (C=O) groups excluding carboxylic acids is 1. The number of anilines is 1. The van der Waals surface area contributed by atoms with Gasteiger partial charge in [0.05, 0.1) is 0 Å². The van der Waals surface area contributed by atoms with Crippen molar-refractivity contribution in [3.05, 3.63) is 54.0 Å². The van der Waals surface area contributed by atoms with Crippen molar-refractivity contribution in [3.8, 4) is 0 Å². The van der Waals surface area contributed by atoms with Crippen LogP contribution in [0.2, 0.25) is 0 Å². The maximum Gasteiger partial charge on any atom is 0.321 e. The van der Waals surface area contributed by atoms with E-state index in [-0.39, 0.29) is 6.03 Å². The van der Waals surface area contributed by atoms with Crippen LogP contribution in [-0.2, 0) is 13.0 Å². The number of amides is 2. The van der Waals surface area contributed by atoms with E-state index in [2.05, 4.69) is 32.8 Å². The standard InChI is InChI=1S/C22H27N5O/c1-3-18-9-4-5-10-19(18)25-22(28)26-13-7-8-17(14-26)15-27-16(2)24-20-11-6-12-23-21(20)27/h4-6,9-12,17H,3,7-8,13-15H2,1-2H3,(H,25,28). The highest BCUT2D eigenvalue weighted by Crippen LogP contribution is 2.23. The summed E-state index contributed by atoms with van der Waals surface area (Å²) in [4.78, 5) is 23.9. The SMILES string of the molecule is CCc1ccccc1NC(=O)N1CCCC(Cn2c(C)nc3cccnc32)C1. The number of nitrogens with zero attached hydrogens (tertiary/aromatic N) is 4. The molecule has 1 unspecified atom stereocenters. The Kier molecular flexibility index (Phi) is 5.28. The topological polar surface area (TPSA) is 63.1 Å². The van der Waals surface area contributed by atoms with Crippen LogP contribution in [-0.4, -0.2) is 38.6 Å². The fourth-order valence-electron chi connectivity index (χ4n) is 4.09. The minimum Gasteiger partial charge on any atom is -0.324 e. The van der Waals surface area contributed by atoms with Gasteiger partial charge in [0.25, 0.3) is 0 Å². The second kappa shape index (κ2) is 8.00. The Morgan fingerprint density at radius 2 is 2.11 bits per heavy atom. The fraction of sp³-hybridized carbons (Fsp3) is 0.409. The lowest BCUT2D eigenvalue weighted by atomic mass is 9.98. The highest BCUT2D eigenvalue weighted by Gasteiger charge is 2.25. The highest BCUT2D eigenvalue weighted by molar-refractivity contribution is 5.90. The Labute approximate surface area is 165 Å². The van der Waals surface area contributed by atoms with E-state index in [1.54, 1.807) is 0 Å². The summed E-state index contributed by atoms with van der Waals surface area (Å²) < 4.78 is 2.19. The quantitative estimate of drug-likeness (QED) is 0.739. The highest BCUT2D eigenvalue weighted by atomic mass is 16.2. The number of rotatable bonds is 4. The number of hydrogen-bond acceptors (Lipinski definition) is 3. The lowest BCUT2D eigenvalue weighted by Gasteiger charge is -2.33.